The third-order valence-corrected chi connectivity index (χ3v) is 4.44. The molecule has 2 unspecified atom stereocenters. The van der Waals surface area contributed by atoms with Gasteiger partial charge in [-0.3, -0.25) is 0 Å². The molecule has 0 heterocycles. The minimum Gasteiger partial charge on any atom is -0.314 e. The Labute approximate surface area is 102 Å². The van der Waals surface area contributed by atoms with E-state index in [-0.39, 0.29) is 0 Å². The van der Waals surface area contributed by atoms with Gasteiger partial charge in [-0.15, -0.1) is 0 Å². The molecule has 1 N–H and O–H groups in total. The van der Waals surface area contributed by atoms with Gasteiger partial charge in [-0.25, -0.2) is 0 Å². The standard InChI is InChI=1S/C15H31N/c1-5-8-9-13(6-2)12-14(16-7-3)15(4)10-11-15/h13-14,16H,5-12H2,1-4H3. The summed E-state index contributed by atoms with van der Waals surface area (Å²) in [6, 6.07) is 0.777. The summed E-state index contributed by atoms with van der Waals surface area (Å²) in [6.45, 7) is 10.5. The van der Waals surface area contributed by atoms with E-state index in [2.05, 4.69) is 33.0 Å². The van der Waals surface area contributed by atoms with E-state index in [4.69, 9.17) is 0 Å². The summed E-state index contributed by atoms with van der Waals surface area (Å²) < 4.78 is 0. The van der Waals surface area contributed by atoms with Gasteiger partial charge in [-0.2, -0.15) is 0 Å². The zero-order chi connectivity index (χ0) is 12.0. The molecule has 1 nitrogen and oxygen atoms in total. The van der Waals surface area contributed by atoms with Crippen LogP contribution in [0.3, 0.4) is 0 Å². The van der Waals surface area contributed by atoms with Gasteiger partial charge in [0.25, 0.3) is 0 Å². The Morgan fingerprint density at radius 1 is 1.19 bits per heavy atom. The molecule has 0 spiro atoms. The number of hydrogen-bond acceptors (Lipinski definition) is 1. The lowest BCUT2D eigenvalue weighted by Crippen LogP contribution is -2.37. The third kappa shape index (κ3) is 4.08. The monoisotopic (exact) mass is 225 g/mol. The summed E-state index contributed by atoms with van der Waals surface area (Å²) in [5, 5.41) is 3.73. The Bertz CT molecular complexity index is 184. The van der Waals surface area contributed by atoms with Crippen molar-refractivity contribution in [3.05, 3.63) is 0 Å². The molecule has 0 bridgehead atoms. The van der Waals surface area contributed by atoms with E-state index < -0.39 is 0 Å². The second-order valence-corrected chi connectivity index (χ2v) is 5.92. The van der Waals surface area contributed by atoms with Crippen LogP contribution in [0.5, 0.6) is 0 Å². The number of rotatable bonds is 9. The maximum absolute atomic E-state index is 3.73. The van der Waals surface area contributed by atoms with Gasteiger partial charge in [-0.1, -0.05) is 53.4 Å². The maximum atomic E-state index is 3.73. The van der Waals surface area contributed by atoms with E-state index in [1.807, 2.05) is 0 Å². The highest BCUT2D eigenvalue weighted by atomic mass is 14.9. The second kappa shape index (κ2) is 6.64. The number of unbranched alkanes of at least 4 members (excludes halogenated alkanes) is 1. The maximum Gasteiger partial charge on any atom is 0.0123 e. The normalized spacial score (nSPS) is 21.8. The van der Waals surface area contributed by atoms with Crippen molar-refractivity contribution >= 4 is 0 Å². The summed E-state index contributed by atoms with van der Waals surface area (Å²) in [4.78, 5) is 0. The first-order valence-electron chi connectivity index (χ1n) is 7.39. The van der Waals surface area contributed by atoms with Crippen molar-refractivity contribution in [1.29, 1.82) is 0 Å². The lowest BCUT2D eigenvalue weighted by Gasteiger charge is -2.28. The van der Waals surface area contributed by atoms with Crippen molar-refractivity contribution < 1.29 is 0 Å². The second-order valence-electron chi connectivity index (χ2n) is 5.92. The fraction of sp³-hybridized carbons (Fsp3) is 1.00. The van der Waals surface area contributed by atoms with Gasteiger partial charge >= 0.3 is 0 Å². The van der Waals surface area contributed by atoms with Crippen LogP contribution in [-0.2, 0) is 0 Å². The van der Waals surface area contributed by atoms with Gasteiger partial charge in [-0.05, 0) is 37.1 Å². The molecule has 0 aromatic rings. The highest BCUT2D eigenvalue weighted by Crippen LogP contribution is 2.50. The van der Waals surface area contributed by atoms with Crippen molar-refractivity contribution in [2.45, 2.75) is 78.7 Å². The molecule has 0 radical (unpaired) electrons. The summed E-state index contributed by atoms with van der Waals surface area (Å²) in [7, 11) is 0. The van der Waals surface area contributed by atoms with E-state index in [0.717, 1.165) is 18.5 Å². The Morgan fingerprint density at radius 3 is 2.31 bits per heavy atom. The SMILES string of the molecule is CCCCC(CC)CC(NCC)C1(C)CC1. The fourth-order valence-electron chi connectivity index (χ4n) is 2.72. The molecule has 1 aliphatic carbocycles. The zero-order valence-corrected chi connectivity index (χ0v) is 11.8. The van der Waals surface area contributed by atoms with Crippen molar-refractivity contribution in [2.24, 2.45) is 11.3 Å². The fourth-order valence-corrected chi connectivity index (χ4v) is 2.72. The molecule has 1 heteroatoms. The van der Waals surface area contributed by atoms with Crippen LogP contribution in [0, 0.1) is 11.3 Å². The van der Waals surface area contributed by atoms with Crippen LogP contribution in [-0.4, -0.2) is 12.6 Å². The van der Waals surface area contributed by atoms with Crippen LogP contribution >= 0.6 is 0 Å². The van der Waals surface area contributed by atoms with Crippen molar-refractivity contribution in [2.75, 3.05) is 6.54 Å². The molecule has 2 atom stereocenters. The molecule has 0 aromatic heterocycles. The van der Waals surface area contributed by atoms with Crippen molar-refractivity contribution in [1.82, 2.24) is 5.32 Å². The van der Waals surface area contributed by atoms with Gasteiger partial charge in [0, 0.05) is 6.04 Å². The summed E-state index contributed by atoms with van der Waals surface area (Å²) in [6.07, 6.45) is 9.83. The molecule has 0 amide bonds. The summed E-state index contributed by atoms with van der Waals surface area (Å²) in [5.41, 5.74) is 0.635. The van der Waals surface area contributed by atoms with E-state index >= 15 is 0 Å². The third-order valence-electron chi connectivity index (χ3n) is 4.44. The van der Waals surface area contributed by atoms with E-state index in [1.165, 1.54) is 44.9 Å². The molecule has 96 valence electrons. The average Bonchev–Trinajstić information content (AvgIpc) is 3.02. The molecular formula is C15H31N. The molecule has 1 aliphatic rings. The molecule has 1 saturated carbocycles. The molecule has 16 heavy (non-hydrogen) atoms. The van der Waals surface area contributed by atoms with E-state index in [1.54, 1.807) is 0 Å². The lowest BCUT2D eigenvalue weighted by atomic mass is 9.85. The molecule has 1 rings (SSSR count). The predicted octanol–water partition coefficient (Wildman–Crippen LogP) is 4.37. The van der Waals surface area contributed by atoms with Crippen LogP contribution in [0.1, 0.15) is 72.6 Å². The Morgan fingerprint density at radius 2 is 1.88 bits per heavy atom. The Kier molecular flexibility index (Phi) is 5.82. The van der Waals surface area contributed by atoms with Crippen LogP contribution in [0.15, 0.2) is 0 Å². The topological polar surface area (TPSA) is 12.0 Å². The van der Waals surface area contributed by atoms with Crippen LogP contribution < -0.4 is 5.32 Å². The Hall–Kier alpha value is -0.0400. The summed E-state index contributed by atoms with van der Waals surface area (Å²) in [5.74, 6) is 0.946. The largest absolute Gasteiger partial charge is 0.314 e. The minimum atomic E-state index is 0.635. The van der Waals surface area contributed by atoms with Gasteiger partial charge < -0.3 is 5.32 Å². The molecule has 0 saturated heterocycles. The van der Waals surface area contributed by atoms with Gasteiger partial charge in [0.05, 0.1) is 0 Å². The Balaban J connectivity index is 2.39. The minimum absolute atomic E-state index is 0.635. The predicted molar refractivity (Wildman–Crippen MR) is 72.7 cm³/mol. The molecule has 1 fully saturated rings. The highest BCUT2D eigenvalue weighted by Gasteiger charge is 2.44. The number of nitrogens with one attached hydrogen (secondary N) is 1. The first kappa shape index (κ1) is 14.0. The first-order valence-corrected chi connectivity index (χ1v) is 7.39. The quantitative estimate of drug-likeness (QED) is 0.614. The van der Waals surface area contributed by atoms with E-state index in [9.17, 15) is 0 Å². The van der Waals surface area contributed by atoms with Crippen LogP contribution in [0.2, 0.25) is 0 Å². The summed E-state index contributed by atoms with van der Waals surface area (Å²) >= 11 is 0. The van der Waals surface area contributed by atoms with Crippen molar-refractivity contribution in [3.8, 4) is 0 Å². The van der Waals surface area contributed by atoms with Crippen LogP contribution in [0.4, 0.5) is 0 Å². The average molecular weight is 225 g/mol. The van der Waals surface area contributed by atoms with Crippen molar-refractivity contribution in [3.63, 3.8) is 0 Å². The molecule has 0 aliphatic heterocycles. The lowest BCUT2D eigenvalue weighted by molar-refractivity contribution is 0.276. The van der Waals surface area contributed by atoms with Gasteiger partial charge in [0.2, 0.25) is 0 Å². The smallest absolute Gasteiger partial charge is 0.0123 e. The van der Waals surface area contributed by atoms with Crippen LogP contribution in [0.25, 0.3) is 0 Å². The molecular weight excluding hydrogens is 194 g/mol. The number of hydrogen-bond donors (Lipinski definition) is 1. The van der Waals surface area contributed by atoms with Gasteiger partial charge in [0.15, 0.2) is 0 Å². The van der Waals surface area contributed by atoms with E-state index in [0.29, 0.717) is 5.41 Å². The van der Waals surface area contributed by atoms with Gasteiger partial charge in [0.1, 0.15) is 0 Å². The highest BCUT2D eigenvalue weighted by molar-refractivity contribution is 4.99. The zero-order valence-electron chi connectivity index (χ0n) is 11.8. The first-order chi connectivity index (χ1) is 7.66. The molecule has 0 aromatic carbocycles.